The van der Waals surface area contributed by atoms with E-state index in [-0.39, 0.29) is 0 Å². The van der Waals surface area contributed by atoms with Crippen LogP contribution in [0.3, 0.4) is 0 Å². The van der Waals surface area contributed by atoms with Crippen molar-refractivity contribution in [1.82, 2.24) is 0 Å². The quantitative estimate of drug-likeness (QED) is 0.463. The van der Waals surface area contributed by atoms with E-state index in [4.69, 9.17) is 0 Å². The van der Waals surface area contributed by atoms with Crippen LogP contribution in [-0.4, -0.2) is 11.9 Å². The van der Waals surface area contributed by atoms with Gasteiger partial charge in [0.1, 0.15) is 11.9 Å². The molecule has 0 radical (unpaired) electrons. The van der Waals surface area contributed by atoms with Gasteiger partial charge in [-0.15, -0.1) is 0 Å². The second-order valence-electron chi connectivity index (χ2n) is 2.97. The maximum Gasteiger partial charge on any atom is 0.123 e. The molecule has 0 N–H and O–H groups in total. The van der Waals surface area contributed by atoms with Crippen LogP contribution < -0.4 is 0 Å². The van der Waals surface area contributed by atoms with Gasteiger partial charge in [-0.25, -0.2) is 9.59 Å². The van der Waals surface area contributed by atoms with Crippen molar-refractivity contribution >= 4 is 11.9 Å². The highest BCUT2D eigenvalue weighted by atomic mass is 16.1. The summed E-state index contributed by atoms with van der Waals surface area (Å²) in [5.41, 5.74) is 1.51. The Morgan fingerprint density at radius 3 is 1.50 bits per heavy atom. The predicted molar refractivity (Wildman–Crippen MR) is 48.2 cm³/mol. The average molecular weight is 166 g/mol. The second kappa shape index (κ2) is 6.60. The Labute approximate surface area is 73.0 Å². The highest BCUT2D eigenvalue weighted by molar-refractivity contribution is 5.51. The maximum atomic E-state index is 10.1. The molecule has 0 saturated heterocycles. The van der Waals surface area contributed by atoms with Gasteiger partial charge in [-0.3, -0.25) is 0 Å². The van der Waals surface area contributed by atoms with Gasteiger partial charge in [0, 0.05) is 11.1 Å². The van der Waals surface area contributed by atoms with Crippen molar-refractivity contribution in [2.24, 2.45) is 0 Å². The highest BCUT2D eigenvalue weighted by Gasteiger charge is 1.93. The number of rotatable bonds is 5. The van der Waals surface area contributed by atoms with Crippen LogP contribution in [0, 0.1) is 0 Å². The Morgan fingerprint density at radius 2 is 1.25 bits per heavy atom. The molecule has 0 aromatic heterocycles. The first-order valence-corrected chi connectivity index (χ1v) is 4.12. The molecule has 0 aliphatic carbocycles. The highest BCUT2D eigenvalue weighted by Crippen LogP contribution is 2.08. The fourth-order valence-corrected chi connectivity index (χ4v) is 0.882. The zero-order valence-electron chi connectivity index (χ0n) is 7.64. The topological polar surface area (TPSA) is 34.1 Å². The molecule has 0 aromatic carbocycles. The molecule has 0 saturated carbocycles. The Balaban J connectivity index is 3.46. The number of hydrogen-bond donors (Lipinski definition) is 0. The van der Waals surface area contributed by atoms with Gasteiger partial charge in [0.05, 0.1) is 0 Å². The van der Waals surface area contributed by atoms with Gasteiger partial charge in [-0.05, 0) is 39.5 Å². The largest absolute Gasteiger partial charge is 0.234 e. The van der Waals surface area contributed by atoms with Crippen LogP contribution in [0.25, 0.3) is 0 Å². The van der Waals surface area contributed by atoms with Crippen LogP contribution in [0.4, 0.5) is 0 Å². The minimum absolute atomic E-state index is 0.753. The van der Waals surface area contributed by atoms with Crippen LogP contribution in [0.1, 0.15) is 39.5 Å². The van der Waals surface area contributed by atoms with Crippen molar-refractivity contribution in [2.75, 3.05) is 0 Å². The molecule has 0 amide bonds. The molecule has 0 aliphatic rings. The van der Waals surface area contributed by atoms with Crippen LogP contribution in [0.15, 0.2) is 11.1 Å². The van der Waals surface area contributed by atoms with E-state index in [9.17, 15) is 9.59 Å². The summed E-state index contributed by atoms with van der Waals surface area (Å²) >= 11 is 0. The molecule has 0 unspecified atom stereocenters. The van der Waals surface area contributed by atoms with E-state index < -0.39 is 0 Å². The molecule has 0 rings (SSSR count). The minimum Gasteiger partial charge on any atom is -0.234 e. The Kier molecular flexibility index (Phi) is 6.00. The summed E-state index contributed by atoms with van der Waals surface area (Å²) in [4.78, 5) is 20.1. The monoisotopic (exact) mass is 166 g/mol. The fraction of sp³-hybridized carbons (Fsp3) is 0.600. The Bertz CT molecular complexity index is 202. The molecule has 2 heteroatoms. The van der Waals surface area contributed by atoms with Gasteiger partial charge in [0.15, 0.2) is 0 Å². The van der Waals surface area contributed by atoms with Gasteiger partial charge in [0.25, 0.3) is 0 Å². The van der Waals surface area contributed by atoms with Gasteiger partial charge < -0.3 is 0 Å². The van der Waals surface area contributed by atoms with Crippen molar-refractivity contribution in [3.05, 3.63) is 11.1 Å². The summed E-state index contributed by atoms with van der Waals surface area (Å²) in [5.74, 6) is 3.70. The Hall–Kier alpha value is -1.10. The molecule has 0 aromatic rings. The third-order valence-electron chi connectivity index (χ3n) is 1.70. The number of carbonyl (C=O) groups excluding carboxylic acids is 2. The van der Waals surface area contributed by atoms with Crippen LogP contribution in [-0.2, 0) is 9.59 Å². The van der Waals surface area contributed by atoms with E-state index in [1.165, 1.54) is 0 Å². The third-order valence-corrected chi connectivity index (χ3v) is 1.70. The molecular formula is C10H14O2. The molecule has 0 aliphatic heterocycles. The van der Waals surface area contributed by atoms with Crippen molar-refractivity contribution < 1.29 is 9.59 Å². The number of hydrogen-bond acceptors (Lipinski definition) is 2. The van der Waals surface area contributed by atoms with Gasteiger partial charge in [-0.2, -0.15) is 0 Å². The van der Waals surface area contributed by atoms with Gasteiger partial charge in [-0.1, -0.05) is 0 Å². The summed E-state index contributed by atoms with van der Waals surface area (Å²) in [6, 6.07) is 0. The van der Waals surface area contributed by atoms with Crippen molar-refractivity contribution in [1.29, 1.82) is 0 Å². The van der Waals surface area contributed by atoms with Crippen molar-refractivity contribution in [3.8, 4) is 0 Å². The molecule has 0 fully saturated rings. The predicted octanol–water partition coefficient (Wildman–Crippen LogP) is 2.10. The summed E-state index contributed by atoms with van der Waals surface area (Å²) in [6.45, 7) is 3.55. The zero-order chi connectivity index (χ0) is 9.40. The van der Waals surface area contributed by atoms with Crippen molar-refractivity contribution in [3.63, 3.8) is 0 Å². The Morgan fingerprint density at radius 1 is 0.917 bits per heavy atom. The summed E-state index contributed by atoms with van der Waals surface area (Å²) in [6.07, 6.45) is 3.46. The van der Waals surface area contributed by atoms with E-state index in [1.807, 2.05) is 11.9 Å². The first kappa shape index (κ1) is 10.9. The lowest BCUT2D eigenvalue weighted by Gasteiger charge is -1.96. The molecule has 0 atom stereocenters. The minimum atomic E-state index is 0.753. The van der Waals surface area contributed by atoms with Crippen LogP contribution >= 0.6 is 0 Å². The number of allylic oxidation sites excluding steroid dienone is 2. The normalized spacial score (nSPS) is 8.50. The zero-order valence-corrected chi connectivity index (χ0v) is 7.64. The lowest BCUT2D eigenvalue weighted by atomic mass is 10.1. The molecule has 66 valence electrons. The van der Waals surface area contributed by atoms with Gasteiger partial charge in [0.2, 0.25) is 0 Å². The first-order valence-electron chi connectivity index (χ1n) is 4.12. The summed E-state index contributed by atoms with van der Waals surface area (Å²) in [5, 5.41) is 0. The molecule has 0 bridgehead atoms. The first-order chi connectivity index (χ1) is 5.70. The van der Waals surface area contributed by atoms with Crippen LogP contribution in [0.5, 0.6) is 0 Å². The maximum absolute atomic E-state index is 10.1. The molecule has 0 heterocycles. The lowest BCUT2D eigenvalue weighted by Crippen LogP contribution is -1.82. The van der Waals surface area contributed by atoms with Crippen LogP contribution in [0.2, 0.25) is 0 Å². The fourth-order valence-electron chi connectivity index (χ4n) is 0.882. The molecule has 12 heavy (non-hydrogen) atoms. The summed E-state index contributed by atoms with van der Waals surface area (Å²) < 4.78 is 0. The smallest absolute Gasteiger partial charge is 0.123 e. The van der Waals surface area contributed by atoms with Gasteiger partial charge >= 0.3 is 0 Å². The number of unbranched alkanes of at least 4 members (excludes halogenated alkanes) is 1. The summed E-state index contributed by atoms with van der Waals surface area (Å²) in [7, 11) is 0. The van der Waals surface area contributed by atoms with E-state index in [0.29, 0.717) is 0 Å². The van der Waals surface area contributed by atoms with E-state index in [0.717, 1.165) is 36.8 Å². The third kappa shape index (κ3) is 5.67. The molecular weight excluding hydrogens is 152 g/mol. The van der Waals surface area contributed by atoms with Crippen molar-refractivity contribution in [2.45, 2.75) is 39.5 Å². The lowest BCUT2D eigenvalue weighted by molar-refractivity contribution is 0.563. The molecule has 2 nitrogen and oxygen atoms in total. The molecule has 0 spiro atoms. The SMILES string of the molecule is CC(=C=O)CCCCC(C)=C=O. The van der Waals surface area contributed by atoms with E-state index in [2.05, 4.69) is 0 Å². The average Bonchev–Trinajstić information content (AvgIpc) is 2.11. The standard InChI is InChI=1S/C10H14O2/c1-9(7-11)5-3-4-6-10(2)8-12/h3-6H2,1-2H3. The van der Waals surface area contributed by atoms with E-state index >= 15 is 0 Å². The second-order valence-corrected chi connectivity index (χ2v) is 2.97. The van der Waals surface area contributed by atoms with E-state index in [1.54, 1.807) is 13.8 Å².